The second kappa shape index (κ2) is 4.13. The predicted molar refractivity (Wildman–Crippen MR) is 77.5 cm³/mol. The van der Waals surface area contributed by atoms with Gasteiger partial charge >= 0.3 is 5.63 Å². The van der Waals surface area contributed by atoms with Gasteiger partial charge in [0.15, 0.2) is 5.58 Å². The average Bonchev–Trinajstić information content (AvgIpc) is 2.35. The Labute approximate surface area is 116 Å². The summed E-state index contributed by atoms with van der Waals surface area (Å²) in [6.45, 7) is 5.80. The Balaban J connectivity index is 2.44. The first kappa shape index (κ1) is 12.8. The lowest BCUT2D eigenvalue weighted by Gasteiger charge is -2.28. The number of methoxy groups -OCH3 is 1. The Kier molecular flexibility index (Phi) is 2.64. The molecule has 2 aromatic rings. The van der Waals surface area contributed by atoms with E-state index >= 15 is 0 Å². The van der Waals surface area contributed by atoms with Gasteiger partial charge in [-0.25, -0.2) is 4.79 Å². The van der Waals surface area contributed by atoms with E-state index in [1.165, 1.54) is 6.07 Å². The molecule has 0 aliphatic carbocycles. The van der Waals surface area contributed by atoms with Gasteiger partial charge in [-0.1, -0.05) is 0 Å². The zero-order valence-corrected chi connectivity index (χ0v) is 11.9. The molecule has 0 bridgehead atoms. The van der Waals surface area contributed by atoms with Crippen LogP contribution in [0.2, 0.25) is 0 Å². The van der Waals surface area contributed by atoms with Crippen molar-refractivity contribution in [3.8, 4) is 11.5 Å². The van der Waals surface area contributed by atoms with Crippen LogP contribution in [0, 0.1) is 6.92 Å². The minimum absolute atomic E-state index is 0.372. The molecule has 0 fully saturated rings. The first-order valence-electron chi connectivity index (χ1n) is 6.45. The van der Waals surface area contributed by atoms with Crippen molar-refractivity contribution in [1.29, 1.82) is 0 Å². The Morgan fingerprint density at radius 1 is 1.25 bits per heavy atom. The predicted octanol–water partition coefficient (Wildman–Crippen LogP) is 3.29. The van der Waals surface area contributed by atoms with Gasteiger partial charge in [0.1, 0.15) is 17.1 Å². The Bertz CT molecular complexity index is 781. The smallest absolute Gasteiger partial charge is 0.336 e. The number of hydrogen-bond donors (Lipinski definition) is 0. The first-order valence-corrected chi connectivity index (χ1v) is 6.45. The van der Waals surface area contributed by atoms with Gasteiger partial charge in [-0.15, -0.1) is 0 Å². The van der Waals surface area contributed by atoms with Gasteiger partial charge in [-0.05, 0) is 38.5 Å². The van der Waals surface area contributed by atoms with Crippen LogP contribution in [0.4, 0.5) is 0 Å². The van der Waals surface area contributed by atoms with Crippen LogP contribution < -0.4 is 15.1 Å². The van der Waals surface area contributed by atoms with E-state index in [4.69, 9.17) is 13.9 Å². The number of benzene rings is 1. The van der Waals surface area contributed by atoms with Crippen molar-refractivity contribution in [3.63, 3.8) is 0 Å². The maximum atomic E-state index is 11.6. The topological polar surface area (TPSA) is 48.7 Å². The number of aryl methyl sites for hydroxylation is 1. The second-order valence-electron chi connectivity index (χ2n) is 5.48. The zero-order chi connectivity index (χ0) is 14.5. The van der Waals surface area contributed by atoms with Gasteiger partial charge in [0.05, 0.1) is 18.1 Å². The third-order valence-corrected chi connectivity index (χ3v) is 3.42. The van der Waals surface area contributed by atoms with Gasteiger partial charge < -0.3 is 13.9 Å². The molecule has 0 unspecified atom stereocenters. The molecule has 0 N–H and O–H groups in total. The fraction of sp³-hybridized carbons (Fsp3) is 0.312. The molecule has 4 heteroatoms. The summed E-state index contributed by atoms with van der Waals surface area (Å²) in [5.74, 6) is 1.31. The third kappa shape index (κ3) is 1.88. The van der Waals surface area contributed by atoms with E-state index in [2.05, 4.69) is 0 Å². The molecule has 20 heavy (non-hydrogen) atoms. The zero-order valence-electron chi connectivity index (χ0n) is 11.9. The van der Waals surface area contributed by atoms with E-state index < -0.39 is 5.60 Å². The van der Waals surface area contributed by atoms with Crippen LogP contribution in [0.5, 0.6) is 11.5 Å². The molecule has 0 atom stereocenters. The molecule has 1 aliphatic rings. The minimum atomic E-state index is -0.393. The monoisotopic (exact) mass is 272 g/mol. The van der Waals surface area contributed by atoms with E-state index in [1.807, 2.05) is 39.0 Å². The lowest BCUT2D eigenvalue weighted by molar-refractivity contribution is 0.158. The average molecular weight is 272 g/mol. The van der Waals surface area contributed by atoms with Crippen molar-refractivity contribution in [2.75, 3.05) is 7.11 Å². The van der Waals surface area contributed by atoms with Crippen LogP contribution in [0.1, 0.15) is 25.0 Å². The third-order valence-electron chi connectivity index (χ3n) is 3.42. The van der Waals surface area contributed by atoms with E-state index in [-0.39, 0.29) is 5.63 Å². The van der Waals surface area contributed by atoms with E-state index in [1.54, 1.807) is 7.11 Å². The maximum Gasteiger partial charge on any atom is 0.336 e. The molecule has 1 aromatic carbocycles. The van der Waals surface area contributed by atoms with Crippen molar-refractivity contribution < 1.29 is 13.9 Å². The van der Waals surface area contributed by atoms with Crippen molar-refractivity contribution in [3.05, 3.63) is 39.8 Å². The summed E-state index contributed by atoms with van der Waals surface area (Å²) in [6.07, 6.45) is 3.88. The minimum Gasteiger partial charge on any atom is -0.496 e. The van der Waals surface area contributed by atoms with Crippen LogP contribution in [0.3, 0.4) is 0 Å². The Morgan fingerprint density at radius 3 is 2.70 bits per heavy atom. The molecule has 4 nitrogen and oxygen atoms in total. The summed E-state index contributed by atoms with van der Waals surface area (Å²) in [5.41, 5.74) is 1.35. The highest BCUT2D eigenvalue weighted by molar-refractivity contribution is 5.95. The van der Waals surface area contributed by atoms with Crippen molar-refractivity contribution in [1.82, 2.24) is 0 Å². The Hall–Kier alpha value is -2.23. The fourth-order valence-corrected chi connectivity index (χ4v) is 2.49. The van der Waals surface area contributed by atoms with Gasteiger partial charge in [0, 0.05) is 12.1 Å². The molecule has 1 aliphatic heterocycles. The molecule has 0 spiro atoms. The maximum absolute atomic E-state index is 11.6. The largest absolute Gasteiger partial charge is 0.496 e. The molecule has 2 heterocycles. The highest BCUT2D eigenvalue weighted by Crippen LogP contribution is 2.41. The number of fused-ring (bicyclic) bond motifs is 3. The number of rotatable bonds is 1. The SMILES string of the molecule is COc1cc2c(c3oc(=O)cc(C)c13)C=CC(C)(C)O2. The molecule has 0 saturated carbocycles. The second-order valence-corrected chi connectivity index (χ2v) is 5.48. The molecule has 0 radical (unpaired) electrons. The highest BCUT2D eigenvalue weighted by atomic mass is 16.5. The molecule has 0 saturated heterocycles. The lowest BCUT2D eigenvalue weighted by Crippen LogP contribution is -2.27. The fourth-order valence-electron chi connectivity index (χ4n) is 2.49. The van der Waals surface area contributed by atoms with E-state index in [9.17, 15) is 4.79 Å². The molecule has 1 aromatic heterocycles. The summed E-state index contributed by atoms with van der Waals surface area (Å²) in [5, 5.41) is 0.804. The summed E-state index contributed by atoms with van der Waals surface area (Å²) in [4.78, 5) is 11.6. The van der Waals surface area contributed by atoms with Crippen molar-refractivity contribution in [2.45, 2.75) is 26.4 Å². The first-order chi connectivity index (χ1) is 9.41. The van der Waals surface area contributed by atoms with Gasteiger partial charge in [-0.2, -0.15) is 0 Å². The van der Waals surface area contributed by atoms with Crippen LogP contribution >= 0.6 is 0 Å². The van der Waals surface area contributed by atoms with Crippen LogP contribution in [0.25, 0.3) is 17.0 Å². The van der Waals surface area contributed by atoms with E-state index in [0.717, 1.165) is 16.5 Å². The molecule has 0 amide bonds. The van der Waals surface area contributed by atoms with Crippen LogP contribution in [-0.2, 0) is 0 Å². The summed E-state index contributed by atoms with van der Waals surface area (Å²) < 4.78 is 16.7. The molecule has 3 rings (SSSR count). The normalized spacial score (nSPS) is 15.8. The number of hydrogen-bond acceptors (Lipinski definition) is 4. The standard InChI is InChI=1S/C16H16O4/c1-9-7-13(17)19-15-10-5-6-16(2,3)20-11(10)8-12(18-4)14(9)15/h5-8H,1-4H3. The van der Waals surface area contributed by atoms with Gasteiger partial charge in [-0.3, -0.25) is 0 Å². The molecular weight excluding hydrogens is 256 g/mol. The quantitative estimate of drug-likeness (QED) is 0.747. The summed E-state index contributed by atoms with van der Waals surface area (Å²) in [6, 6.07) is 3.31. The lowest BCUT2D eigenvalue weighted by atomic mass is 9.99. The summed E-state index contributed by atoms with van der Waals surface area (Å²) >= 11 is 0. The van der Waals surface area contributed by atoms with Crippen molar-refractivity contribution in [2.24, 2.45) is 0 Å². The van der Waals surface area contributed by atoms with E-state index in [0.29, 0.717) is 17.1 Å². The summed E-state index contributed by atoms with van der Waals surface area (Å²) in [7, 11) is 1.59. The van der Waals surface area contributed by atoms with Gasteiger partial charge in [0.25, 0.3) is 0 Å². The molecular formula is C16H16O4. The van der Waals surface area contributed by atoms with Gasteiger partial charge in [0.2, 0.25) is 0 Å². The van der Waals surface area contributed by atoms with Crippen molar-refractivity contribution >= 4 is 17.0 Å². The Morgan fingerprint density at radius 2 is 2.00 bits per heavy atom. The molecule has 104 valence electrons. The number of ether oxygens (including phenoxy) is 2. The van der Waals surface area contributed by atoms with Crippen LogP contribution in [-0.4, -0.2) is 12.7 Å². The highest BCUT2D eigenvalue weighted by Gasteiger charge is 2.26. The van der Waals surface area contributed by atoms with Crippen LogP contribution in [0.15, 0.2) is 27.4 Å².